The monoisotopic (exact) mass is 257 g/mol. The summed E-state index contributed by atoms with van der Waals surface area (Å²) in [6.45, 7) is 0.558. The molecule has 0 fully saturated rings. The summed E-state index contributed by atoms with van der Waals surface area (Å²) in [4.78, 5) is 11.7. The van der Waals surface area contributed by atoms with Crippen molar-refractivity contribution in [2.24, 2.45) is 7.05 Å². The summed E-state index contributed by atoms with van der Waals surface area (Å²) < 4.78 is 15.0. The molecule has 0 radical (unpaired) electrons. The van der Waals surface area contributed by atoms with Gasteiger partial charge in [-0.1, -0.05) is 30.3 Å². The molecule has 2 heterocycles. The highest BCUT2D eigenvalue weighted by Gasteiger charge is 2.11. The molecule has 0 amide bonds. The SMILES string of the molecule is Cn1cnc2c(NCc3ccccc3)nc(F)nc21. The average Bonchev–Trinajstić information content (AvgIpc) is 2.79. The van der Waals surface area contributed by atoms with E-state index in [1.807, 2.05) is 30.3 Å². The molecule has 0 aliphatic heterocycles. The van der Waals surface area contributed by atoms with Gasteiger partial charge in [-0.2, -0.15) is 14.4 Å². The van der Waals surface area contributed by atoms with Crippen LogP contribution in [0.25, 0.3) is 11.2 Å². The minimum atomic E-state index is -0.758. The molecule has 3 aromatic rings. The fourth-order valence-corrected chi connectivity index (χ4v) is 1.89. The second-order valence-electron chi connectivity index (χ2n) is 4.21. The molecule has 0 bridgehead atoms. The number of aromatic nitrogens is 4. The predicted molar refractivity (Wildman–Crippen MR) is 70.0 cm³/mol. The van der Waals surface area contributed by atoms with Crippen molar-refractivity contribution < 1.29 is 4.39 Å². The standard InChI is InChI=1S/C13H12FN5/c1-19-8-16-10-11(17-13(14)18-12(10)19)15-7-9-5-3-2-4-6-9/h2-6,8H,7H2,1H3,(H,15,17,18). The first kappa shape index (κ1) is 11.6. The quantitative estimate of drug-likeness (QED) is 0.730. The summed E-state index contributed by atoms with van der Waals surface area (Å²) in [6.07, 6.45) is 0.832. The maximum Gasteiger partial charge on any atom is 0.312 e. The van der Waals surface area contributed by atoms with Crippen LogP contribution in [0.5, 0.6) is 0 Å². The van der Waals surface area contributed by atoms with Crippen LogP contribution in [0.2, 0.25) is 0 Å². The maximum atomic E-state index is 13.4. The normalized spacial score (nSPS) is 10.8. The number of halogens is 1. The lowest BCUT2D eigenvalue weighted by Gasteiger charge is -2.06. The van der Waals surface area contributed by atoms with Gasteiger partial charge in [-0.05, 0) is 5.56 Å². The molecule has 0 spiro atoms. The summed E-state index contributed by atoms with van der Waals surface area (Å²) in [5, 5.41) is 3.09. The lowest BCUT2D eigenvalue weighted by Crippen LogP contribution is -2.05. The number of nitrogens with zero attached hydrogens (tertiary/aromatic N) is 4. The lowest BCUT2D eigenvalue weighted by atomic mass is 10.2. The molecule has 0 atom stereocenters. The lowest BCUT2D eigenvalue weighted by molar-refractivity contribution is 0.543. The van der Waals surface area contributed by atoms with E-state index in [2.05, 4.69) is 20.3 Å². The van der Waals surface area contributed by atoms with Crippen molar-refractivity contribution in [3.8, 4) is 0 Å². The Hall–Kier alpha value is -2.50. The van der Waals surface area contributed by atoms with E-state index in [0.29, 0.717) is 23.5 Å². The zero-order valence-corrected chi connectivity index (χ0v) is 10.3. The molecule has 2 aromatic heterocycles. The number of hydrogen-bond acceptors (Lipinski definition) is 4. The molecule has 0 aliphatic carbocycles. The van der Waals surface area contributed by atoms with Gasteiger partial charge >= 0.3 is 6.08 Å². The Morgan fingerprint density at radius 2 is 2.00 bits per heavy atom. The fourth-order valence-electron chi connectivity index (χ4n) is 1.89. The van der Waals surface area contributed by atoms with Crippen molar-refractivity contribution in [2.45, 2.75) is 6.54 Å². The Bertz CT molecular complexity index is 708. The molecule has 0 saturated carbocycles. The highest BCUT2D eigenvalue weighted by Crippen LogP contribution is 2.18. The van der Waals surface area contributed by atoms with Crippen molar-refractivity contribution in [2.75, 3.05) is 5.32 Å². The molecule has 1 aromatic carbocycles. The average molecular weight is 257 g/mol. The summed E-state index contributed by atoms with van der Waals surface area (Å²) in [5.74, 6) is 0.409. The minimum absolute atomic E-state index is 0.409. The third kappa shape index (κ3) is 2.24. The summed E-state index contributed by atoms with van der Waals surface area (Å²) >= 11 is 0. The smallest absolute Gasteiger partial charge is 0.312 e. The molecule has 19 heavy (non-hydrogen) atoms. The zero-order chi connectivity index (χ0) is 13.2. The highest BCUT2D eigenvalue weighted by molar-refractivity contribution is 5.82. The third-order valence-corrected chi connectivity index (χ3v) is 2.84. The number of aryl methyl sites for hydroxylation is 1. The van der Waals surface area contributed by atoms with E-state index in [-0.39, 0.29) is 0 Å². The Morgan fingerprint density at radius 1 is 1.21 bits per heavy atom. The van der Waals surface area contributed by atoms with Crippen molar-refractivity contribution >= 4 is 17.0 Å². The molecule has 1 N–H and O–H groups in total. The predicted octanol–water partition coefficient (Wildman–Crippen LogP) is 2.11. The van der Waals surface area contributed by atoms with Gasteiger partial charge in [0, 0.05) is 13.6 Å². The topological polar surface area (TPSA) is 55.6 Å². The third-order valence-electron chi connectivity index (χ3n) is 2.84. The van der Waals surface area contributed by atoms with E-state index in [1.54, 1.807) is 17.9 Å². The van der Waals surface area contributed by atoms with Gasteiger partial charge in [0.1, 0.15) is 0 Å². The summed E-state index contributed by atoms with van der Waals surface area (Å²) in [6, 6.07) is 9.83. The van der Waals surface area contributed by atoms with Crippen molar-refractivity contribution in [3.05, 3.63) is 48.3 Å². The molecule has 0 unspecified atom stereocenters. The number of hydrogen-bond donors (Lipinski definition) is 1. The van der Waals surface area contributed by atoms with Gasteiger partial charge < -0.3 is 9.88 Å². The van der Waals surface area contributed by atoms with Crippen LogP contribution in [0, 0.1) is 6.08 Å². The van der Waals surface area contributed by atoms with Crippen LogP contribution >= 0.6 is 0 Å². The van der Waals surface area contributed by atoms with E-state index in [4.69, 9.17) is 0 Å². The number of benzene rings is 1. The molecule has 96 valence electrons. The van der Waals surface area contributed by atoms with Crippen LogP contribution in [-0.4, -0.2) is 19.5 Å². The number of fused-ring (bicyclic) bond motifs is 1. The Kier molecular flexibility index (Phi) is 2.83. The second kappa shape index (κ2) is 4.64. The summed E-state index contributed by atoms with van der Waals surface area (Å²) in [7, 11) is 1.77. The van der Waals surface area contributed by atoms with Gasteiger partial charge in [0.2, 0.25) is 0 Å². The van der Waals surface area contributed by atoms with Crippen molar-refractivity contribution in [3.63, 3.8) is 0 Å². The number of anilines is 1. The van der Waals surface area contributed by atoms with Gasteiger partial charge in [0.25, 0.3) is 0 Å². The maximum absolute atomic E-state index is 13.4. The number of rotatable bonds is 3. The van der Waals surface area contributed by atoms with E-state index in [0.717, 1.165) is 5.56 Å². The Labute approximate surface area is 109 Å². The van der Waals surface area contributed by atoms with E-state index in [1.165, 1.54) is 0 Å². The summed E-state index contributed by atoms with van der Waals surface area (Å²) in [5.41, 5.74) is 2.13. The molecule has 0 aliphatic rings. The molecule has 6 heteroatoms. The van der Waals surface area contributed by atoms with E-state index >= 15 is 0 Å². The highest BCUT2D eigenvalue weighted by atomic mass is 19.1. The van der Waals surface area contributed by atoms with Crippen LogP contribution in [0.15, 0.2) is 36.7 Å². The molecular weight excluding hydrogens is 245 g/mol. The Balaban J connectivity index is 1.92. The van der Waals surface area contributed by atoms with Gasteiger partial charge in [-0.3, -0.25) is 0 Å². The number of imidazole rings is 1. The first-order chi connectivity index (χ1) is 9.24. The molecule has 5 nitrogen and oxygen atoms in total. The van der Waals surface area contributed by atoms with Crippen LogP contribution < -0.4 is 5.32 Å². The van der Waals surface area contributed by atoms with Crippen LogP contribution in [-0.2, 0) is 13.6 Å². The van der Waals surface area contributed by atoms with Crippen LogP contribution in [0.4, 0.5) is 10.2 Å². The van der Waals surface area contributed by atoms with Gasteiger partial charge in [-0.25, -0.2) is 4.98 Å². The zero-order valence-electron chi connectivity index (χ0n) is 10.3. The molecule has 3 rings (SSSR count). The largest absolute Gasteiger partial charge is 0.364 e. The van der Waals surface area contributed by atoms with E-state index < -0.39 is 6.08 Å². The van der Waals surface area contributed by atoms with Crippen molar-refractivity contribution in [1.82, 2.24) is 19.5 Å². The first-order valence-corrected chi connectivity index (χ1v) is 5.86. The minimum Gasteiger partial charge on any atom is -0.364 e. The van der Waals surface area contributed by atoms with Gasteiger partial charge in [0.05, 0.1) is 6.33 Å². The second-order valence-corrected chi connectivity index (χ2v) is 4.21. The van der Waals surface area contributed by atoms with Crippen molar-refractivity contribution in [1.29, 1.82) is 0 Å². The van der Waals surface area contributed by atoms with Crippen LogP contribution in [0.1, 0.15) is 5.56 Å². The van der Waals surface area contributed by atoms with Gasteiger partial charge in [0.15, 0.2) is 17.0 Å². The van der Waals surface area contributed by atoms with Crippen LogP contribution in [0.3, 0.4) is 0 Å². The van der Waals surface area contributed by atoms with Gasteiger partial charge in [-0.15, -0.1) is 0 Å². The number of nitrogens with one attached hydrogen (secondary N) is 1. The molecular formula is C13H12FN5. The first-order valence-electron chi connectivity index (χ1n) is 5.86. The Morgan fingerprint density at radius 3 is 2.79 bits per heavy atom. The molecule has 0 saturated heterocycles. The van der Waals surface area contributed by atoms with E-state index in [9.17, 15) is 4.39 Å². The fraction of sp³-hybridized carbons (Fsp3) is 0.154.